The highest BCUT2D eigenvalue weighted by Gasteiger charge is 2.35. The smallest absolute Gasteiger partial charge is 0.240 e. The molecule has 1 aromatic heterocycles. The second-order valence-corrected chi connectivity index (χ2v) is 7.58. The first-order chi connectivity index (χ1) is 12.0. The van der Waals surface area contributed by atoms with Crippen LogP contribution in [0.3, 0.4) is 0 Å². The van der Waals surface area contributed by atoms with Gasteiger partial charge in [-0.15, -0.1) is 0 Å². The summed E-state index contributed by atoms with van der Waals surface area (Å²) in [6.07, 6.45) is 0. The number of hydrogen-bond donors (Lipinski definition) is 3. The largest absolute Gasteiger partial charge is 0.341 e. The zero-order valence-corrected chi connectivity index (χ0v) is 14.2. The van der Waals surface area contributed by atoms with E-state index < -0.39 is 15.9 Å². The van der Waals surface area contributed by atoms with Crippen molar-refractivity contribution in [2.45, 2.75) is 17.7 Å². The number of anilines is 1. The summed E-state index contributed by atoms with van der Waals surface area (Å²) in [5.74, 6) is -0.401. The number of nitrogens with one attached hydrogen (secondary N) is 3. The van der Waals surface area contributed by atoms with Crippen molar-refractivity contribution in [1.29, 1.82) is 0 Å². The number of nitrogens with zero attached hydrogens (tertiary/aromatic N) is 1. The Morgan fingerprint density at radius 1 is 1.20 bits per heavy atom. The summed E-state index contributed by atoms with van der Waals surface area (Å²) in [7, 11) is -3.60. The van der Waals surface area contributed by atoms with Gasteiger partial charge in [0.1, 0.15) is 11.7 Å². The third-order valence-electron chi connectivity index (χ3n) is 4.18. The van der Waals surface area contributed by atoms with Crippen LogP contribution in [0, 0.1) is 0 Å². The van der Waals surface area contributed by atoms with E-state index in [1.807, 2.05) is 24.3 Å². The molecule has 0 bridgehead atoms. The molecule has 1 amide bonds. The van der Waals surface area contributed by atoms with E-state index in [4.69, 9.17) is 0 Å². The van der Waals surface area contributed by atoms with Crippen LogP contribution < -0.4 is 10.0 Å². The number of amides is 1. The van der Waals surface area contributed by atoms with E-state index in [1.54, 1.807) is 13.0 Å². The molecule has 0 aliphatic carbocycles. The van der Waals surface area contributed by atoms with Gasteiger partial charge in [0.05, 0.1) is 15.9 Å². The van der Waals surface area contributed by atoms with Crippen LogP contribution in [0.2, 0.25) is 0 Å². The molecule has 1 atom stereocenters. The predicted molar refractivity (Wildman–Crippen MR) is 93.9 cm³/mol. The highest BCUT2D eigenvalue weighted by atomic mass is 32.2. The van der Waals surface area contributed by atoms with E-state index in [0.717, 1.165) is 11.0 Å². The van der Waals surface area contributed by atoms with Gasteiger partial charge in [0.2, 0.25) is 15.9 Å². The molecule has 1 aliphatic heterocycles. The van der Waals surface area contributed by atoms with Crippen LogP contribution in [0.15, 0.2) is 47.4 Å². The third-order valence-corrected chi connectivity index (χ3v) is 5.72. The van der Waals surface area contributed by atoms with Gasteiger partial charge in [0, 0.05) is 12.2 Å². The van der Waals surface area contributed by atoms with E-state index >= 15 is 0 Å². The fourth-order valence-electron chi connectivity index (χ4n) is 3.06. The Hall–Kier alpha value is -2.71. The summed E-state index contributed by atoms with van der Waals surface area (Å²) < 4.78 is 27.0. The van der Waals surface area contributed by atoms with Crippen molar-refractivity contribution in [3.8, 4) is 0 Å². The molecule has 1 aliphatic rings. The number of H-pyrrole nitrogens is 1. The topological polar surface area (TPSA) is 104 Å². The normalized spacial score (nSPS) is 16.8. The minimum Gasteiger partial charge on any atom is -0.341 e. The van der Waals surface area contributed by atoms with Gasteiger partial charge >= 0.3 is 0 Å². The van der Waals surface area contributed by atoms with Gasteiger partial charge in [0.25, 0.3) is 0 Å². The number of carbonyl (C=O) groups is 1. The number of aromatic amines is 1. The summed E-state index contributed by atoms with van der Waals surface area (Å²) in [5, 5.41) is 2.79. The number of carbonyl (C=O) groups excluding carboxylic acids is 1. The van der Waals surface area contributed by atoms with Crippen LogP contribution >= 0.6 is 0 Å². The first-order valence-electron chi connectivity index (χ1n) is 7.88. The Bertz CT molecular complexity index is 1060. The van der Waals surface area contributed by atoms with Crippen LogP contribution in [0.25, 0.3) is 11.0 Å². The van der Waals surface area contributed by atoms with Crippen molar-refractivity contribution < 1.29 is 13.2 Å². The van der Waals surface area contributed by atoms with E-state index in [2.05, 4.69) is 20.0 Å². The average Bonchev–Trinajstić information content (AvgIpc) is 3.13. The average molecular weight is 356 g/mol. The zero-order valence-electron chi connectivity index (χ0n) is 13.4. The van der Waals surface area contributed by atoms with Gasteiger partial charge < -0.3 is 10.3 Å². The molecule has 0 spiro atoms. The Balaban J connectivity index is 1.83. The monoisotopic (exact) mass is 356 g/mol. The Morgan fingerprint density at radius 2 is 2.00 bits per heavy atom. The zero-order chi connectivity index (χ0) is 17.6. The van der Waals surface area contributed by atoms with E-state index in [1.165, 1.54) is 12.1 Å². The lowest BCUT2D eigenvalue weighted by atomic mass is 10.0. The Kier molecular flexibility index (Phi) is 3.59. The summed E-state index contributed by atoms with van der Waals surface area (Å²) in [5.41, 5.74) is 2.79. The second kappa shape index (κ2) is 5.68. The fraction of sp³-hybridized carbons (Fsp3) is 0.176. The van der Waals surface area contributed by atoms with E-state index in [0.29, 0.717) is 23.6 Å². The lowest BCUT2D eigenvalue weighted by Gasteiger charge is -2.09. The summed E-state index contributed by atoms with van der Waals surface area (Å²) in [4.78, 5) is 20.2. The highest BCUT2D eigenvalue weighted by Crippen LogP contribution is 2.37. The highest BCUT2D eigenvalue weighted by molar-refractivity contribution is 7.89. The number of aromatic nitrogens is 2. The molecule has 0 saturated carbocycles. The Morgan fingerprint density at radius 3 is 2.76 bits per heavy atom. The van der Waals surface area contributed by atoms with Crippen LogP contribution in [0.5, 0.6) is 0 Å². The van der Waals surface area contributed by atoms with Crippen molar-refractivity contribution in [1.82, 2.24) is 14.7 Å². The van der Waals surface area contributed by atoms with E-state index in [-0.39, 0.29) is 10.8 Å². The number of fused-ring (bicyclic) bond motifs is 2. The van der Waals surface area contributed by atoms with Crippen LogP contribution in [-0.4, -0.2) is 30.8 Å². The summed E-state index contributed by atoms with van der Waals surface area (Å²) in [6, 6.07) is 12.1. The molecule has 25 heavy (non-hydrogen) atoms. The van der Waals surface area contributed by atoms with Gasteiger partial charge in [-0.3, -0.25) is 4.79 Å². The molecule has 4 rings (SSSR count). The van der Waals surface area contributed by atoms with Gasteiger partial charge in [0.15, 0.2) is 0 Å². The van der Waals surface area contributed by atoms with E-state index in [9.17, 15) is 13.2 Å². The van der Waals surface area contributed by atoms with Gasteiger partial charge in [-0.1, -0.05) is 19.1 Å². The second-order valence-electron chi connectivity index (χ2n) is 5.81. The first kappa shape index (κ1) is 15.8. The van der Waals surface area contributed by atoms with Crippen LogP contribution in [0.4, 0.5) is 5.69 Å². The fourth-order valence-corrected chi connectivity index (χ4v) is 4.14. The van der Waals surface area contributed by atoms with Crippen molar-refractivity contribution in [3.63, 3.8) is 0 Å². The van der Waals surface area contributed by atoms with Gasteiger partial charge in [-0.2, -0.15) is 0 Å². The van der Waals surface area contributed by atoms with Crippen molar-refractivity contribution in [3.05, 3.63) is 53.9 Å². The number of benzene rings is 2. The summed E-state index contributed by atoms with van der Waals surface area (Å²) >= 11 is 0. The molecule has 128 valence electrons. The molecule has 0 fully saturated rings. The SMILES string of the molecule is CCNS(=O)(=O)c1ccc2c(c1)C(c1nc3ccccc3[nH]1)C(=O)N2. The molecule has 3 aromatic rings. The summed E-state index contributed by atoms with van der Waals surface area (Å²) in [6.45, 7) is 2.01. The maximum atomic E-state index is 12.5. The number of imidazole rings is 1. The maximum Gasteiger partial charge on any atom is 0.240 e. The minimum absolute atomic E-state index is 0.130. The number of hydrogen-bond acceptors (Lipinski definition) is 4. The molecule has 1 unspecified atom stereocenters. The molecule has 2 aromatic carbocycles. The number of sulfonamides is 1. The minimum atomic E-state index is -3.60. The molecule has 0 saturated heterocycles. The molecule has 3 N–H and O–H groups in total. The quantitative estimate of drug-likeness (QED) is 0.664. The molecular formula is C17H16N4O3S. The number of rotatable bonds is 4. The molecule has 7 nitrogen and oxygen atoms in total. The lowest BCUT2D eigenvalue weighted by molar-refractivity contribution is -0.116. The standard InChI is InChI=1S/C17H16N4O3S/c1-2-18-25(23,24)10-7-8-12-11(9-10)15(17(22)21-12)16-19-13-5-3-4-6-14(13)20-16/h3-9,15,18H,2H2,1H3,(H,19,20)(H,21,22). The third kappa shape index (κ3) is 2.59. The maximum absolute atomic E-state index is 12.5. The molecule has 2 heterocycles. The van der Waals surface area contributed by atoms with Crippen LogP contribution in [-0.2, 0) is 14.8 Å². The van der Waals surface area contributed by atoms with Gasteiger partial charge in [-0.25, -0.2) is 18.1 Å². The lowest BCUT2D eigenvalue weighted by Crippen LogP contribution is -2.23. The molecule has 0 radical (unpaired) electrons. The number of para-hydroxylation sites is 2. The van der Waals surface area contributed by atoms with Crippen LogP contribution in [0.1, 0.15) is 24.2 Å². The van der Waals surface area contributed by atoms with Crippen molar-refractivity contribution in [2.24, 2.45) is 0 Å². The van der Waals surface area contributed by atoms with Crippen molar-refractivity contribution in [2.75, 3.05) is 11.9 Å². The first-order valence-corrected chi connectivity index (χ1v) is 9.37. The Labute approximate surface area is 144 Å². The van der Waals surface area contributed by atoms with Crippen molar-refractivity contribution >= 4 is 32.7 Å². The molecular weight excluding hydrogens is 340 g/mol. The molecule has 8 heteroatoms. The van der Waals surface area contributed by atoms with Gasteiger partial charge in [-0.05, 0) is 35.9 Å². The predicted octanol–water partition coefficient (Wildman–Crippen LogP) is 1.95.